The lowest BCUT2D eigenvalue weighted by Gasteiger charge is -2.08. The third kappa shape index (κ3) is 4.32. The molecule has 0 saturated heterocycles. The number of benzene rings is 2. The normalized spacial score (nSPS) is 12.1. The fourth-order valence-electron chi connectivity index (χ4n) is 3.25. The molecule has 0 saturated carbocycles. The molecule has 10 heteroatoms. The van der Waals surface area contributed by atoms with Crippen LogP contribution in [0.15, 0.2) is 48.7 Å². The Labute approximate surface area is 174 Å². The van der Waals surface area contributed by atoms with Crippen molar-refractivity contribution in [3.63, 3.8) is 0 Å². The number of nitrogens with one attached hydrogen (secondary N) is 2. The molecule has 1 aliphatic carbocycles. The number of alkyl halides is 2. The van der Waals surface area contributed by atoms with Crippen LogP contribution in [0, 0.1) is 5.82 Å². The van der Waals surface area contributed by atoms with E-state index in [2.05, 4.69) is 22.5 Å². The number of fused-ring (bicyclic) bond motifs is 1. The summed E-state index contributed by atoms with van der Waals surface area (Å²) in [6.07, 6.45) is 3.41. The Morgan fingerprint density at radius 1 is 1.16 bits per heavy atom. The highest BCUT2D eigenvalue weighted by Crippen LogP contribution is 2.30. The molecular weight excluding hydrogens is 411 g/mol. The molecule has 0 unspecified atom stereocenters. The number of hydrazine groups is 1. The predicted octanol–water partition coefficient (Wildman–Crippen LogP) is 2.73. The fourth-order valence-corrected chi connectivity index (χ4v) is 3.25. The maximum absolute atomic E-state index is 14.5. The Kier molecular flexibility index (Phi) is 5.52. The van der Waals surface area contributed by atoms with E-state index in [1.54, 1.807) is 17.0 Å². The minimum absolute atomic E-state index is 0.0771. The monoisotopic (exact) mass is 427 g/mol. The van der Waals surface area contributed by atoms with Gasteiger partial charge in [-0.1, -0.05) is 41.6 Å². The first-order valence-corrected chi connectivity index (χ1v) is 9.28. The van der Waals surface area contributed by atoms with E-state index >= 15 is 0 Å². The van der Waals surface area contributed by atoms with Crippen LogP contribution in [0.1, 0.15) is 27.0 Å². The molecule has 31 heavy (non-hydrogen) atoms. The summed E-state index contributed by atoms with van der Waals surface area (Å²) >= 11 is 0. The zero-order chi connectivity index (χ0) is 22.0. The highest BCUT2D eigenvalue weighted by molar-refractivity contribution is 5.95. The second kappa shape index (κ2) is 8.42. The van der Waals surface area contributed by atoms with Crippen LogP contribution < -0.4 is 10.9 Å². The van der Waals surface area contributed by atoms with Gasteiger partial charge in [0, 0.05) is 16.7 Å². The van der Waals surface area contributed by atoms with E-state index in [9.17, 15) is 22.8 Å². The predicted molar refractivity (Wildman–Crippen MR) is 105 cm³/mol. The number of hydrogen-bond donors (Lipinski definition) is 2. The van der Waals surface area contributed by atoms with Gasteiger partial charge in [0.05, 0.1) is 12.7 Å². The Hall–Kier alpha value is -3.95. The largest absolute Gasteiger partial charge is 0.317 e. The van der Waals surface area contributed by atoms with Crippen LogP contribution in [-0.2, 0) is 17.8 Å². The van der Waals surface area contributed by atoms with Gasteiger partial charge >= 0.3 is 12.3 Å². The summed E-state index contributed by atoms with van der Waals surface area (Å²) in [4.78, 5) is 22.7. The van der Waals surface area contributed by atoms with Gasteiger partial charge in [-0.2, -0.15) is 8.78 Å². The van der Waals surface area contributed by atoms with Gasteiger partial charge in [0.25, 0.3) is 5.91 Å². The Morgan fingerprint density at radius 3 is 2.77 bits per heavy atom. The molecule has 3 aromatic rings. The molecule has 7 nitrogen and oxygen atoms in total. The summed E-state index contributed by atoms with van der Waals surface area (Å²) < 4.78 is 40.2. The molecule has 0 fully saturated rings. The van der Waals surface area contributed by atoms with Crippen molar-refractivity contribution in [2.24, 2.45) is 0 Å². The van der Waals surface area contributed by atoms with Crippen molar-refractivity contribution in [3.05, 3.63) is 76.7 Å². The maximum atomic E-state index is 14.5. The van der Waals surface area contributed by atoms with Crippen molar-refractivity contribution in [3.8, 4) is 11.3 Å². The minimum Gasteiger partial charge on any atom is -0.267 e. The van der Waals surface area contributed by atoms with Crippen LogP contribution in [-0.4, -0.2) is 33.2 Å². The smallest absolute Gasteiger partial charge is 0.267 e. The van der Waals surface area contributed by atoms with Crippen LogP contribution in [0.25, 0.3) is 17.3 Å². The van der Waals surface area contributed by atoms with Gasteiger partial charge in [-0.15, -0.1) is 5.10 Å². The molecule has 0 aliphatic heterocycles. The molecule has 1 aromatic heterocycles. The number of carbonyl (C=O) groups excluding carboxylic acids is 2. The molecule has 2 aromatic carbocycles. The van der Waals surface area contributed by atoms with E-state index in [-0.39, 0.29) is 17.7 Å². The standard InChI is InChI=1S/C21H16F3N5O2/c22-17-9-13(20(30)26-27-21(31)19(23)24)7-8-14(17)10-29-11-18(25-28-29)16-6-2-4-12-3-1-5-15(12)16/h1-2,4-9,11,19H,3,10H2,(H,26,30)(H,27,31). The van der Waals surface area contributed by atoms with Gasteiger partial charge in [-0.3, -0.25) is 20.4 Å². The summed E-state index contributed by atoms with van der Waals surface area (Å²) in [5.74, 6) is -3.27. The summed E-state index contributed by atoms with van der Waals surface area (Å²) in [6, 6.07) is 9.59. The molecule has 2 N–H and O–H groups in total. The summed E-state index contributed by atoms with van der Waals surface area (Å²) in [7, 11) is 0. The van der Waals surface area contributed by atoms with Crippen LogP contribution >= 0.6 is 0 Å². The van der Waals surface area contributed by atoms with Crippen LogP contribution in [0.2, 0.25) is 0 Å². The van der Waals surface area contributed by atoms with E-state index < -0.39 is 24.1 Å². The topological polar surface area (TPSA) is 88.9 Å². The lowest BCUT2D eigenvalue weighted by Crippen LogP contribution is -2.44. The summed E-state index contributed by atoms with van der Waals surface area (Å²) in [6.45, 7) is 0.0771. The first-order chi connectivity index (χ1) is 14.9. The van der Waals surface area contributed by atoms with Gasteiger partial charge in [0.15, 0.2) is 0 Å². The van der Waals surface area contributed by atoms with Crippen molar-refractivity contribution in [1.29, 1.82) is 0 Å². The fraction of sp³-hybridized carbons (Fsp3) is 0.143. The molecule has 158 valence electrons. The summed E-state index contributed by atoms with van der Waals surface area (Å²) in [5.41, 5.74) is 7.37. The minimum atomic E-state index is -3.28. The van der Waals surface area contributed by atoms with Crippen LogP contribution in [0.4, 0.5) is 13.2 Å². The van der Waals surface area contributed by atoms with Gasteiger partial charge in [-0.25, -0.2) is 9.07 Å². The maximum Gasteiger partial charge on any atom is 0.317 e. The van der Waals surface area contributed by atoms with Gasteiger partial charge in [0.2, 0.25) is 0 Å². The van der Waals surface area contributed by atoms with Crippen molar-refractivity contribution in [2.45, 2.75) is 19.4 Å². The average molecular weight is 427 g/mol. The zero-order valence-corrected chi connectivity index (χ0v) is 16.0. The molecule has 0 atom stereocenters. The number of hydrogen-bond acceptors (Lipinski definition) is 4. The number of aromatic nitrogens is 3. The number of amides is 2. The van der Waals surface area contributed by atoms with Crippen molar-refractivity contribution in [2.75, 3.05) is 0 Å². The molecule has 1 aliphatic rings. The zero-order valence-electron chi connectivity index (χ0n) is 16.0. The van der Waals surface area contributed by atoms with Crippen molar-refractivity contribution >= 4 is 17.9 Å². The highest BCUT2D eigenvalue weighted by atomic mass is 19.3. The van der Waals surface area contributed by atoms with Gasteiger partial charge in [0.1, 0.15) is 11.5 Å². The van der Waals surface area contributed by atoms with Crippen LogP contribution in [0.3, 0.4) is 0 Å². The first kappa shape index (κ1) is 20.3. The Balaban J connectivity index is 1.46. The number of carbonyl (C=O) groups is 2. The number of allylic oxidation sites excluding steroid dienone is 1. The number of nitrogens with zero attached hydrogens (tertiary/aromatic N) is 3. The Morgan fingerprint density at radius 2 is 2.00 bits per heavy atom. The van der Waals surface area contributed by atoms with E-state index in [4.69, 9.17) is 0 Å². The van der Waals surface area contributed by atoms with Crippen molar-refractivity contribution in [1.82, 2.24) is 25.8 Å². The number of rotatable bonds is 5. The molecule has 0 bridgehead atoms. The molecular formula is C21H16F3N5O2. The third-order valence-corrected chi connectivity index (χ3v) is 4.78. The second-order valence-electron chi connectivity index (χ2n) is 6.84. The second-order valence-corrected chi connectivity index (χ2v) is 6.84. The van der Waals surface area contributed by atoms with Gasteiger partial charge < -0.3 is 0 Å². The number of halogens is 3. The lowest BCUT2D eigenvalue weighted by molar-refractivity contribution is -0.132. The van der Waals surface area contributed by atoms with E-state index in [1.165, 1.54) is 22.4 Å². The van der Waals surface area contributed by atoms with E-state index in [0.29, 0.717) is 5.69 Å². The lowest BCUT2D eigenvalue weighted by atomic mass is 10.0. The third-order valence-electron chi connectivity index (χ3n) is 4.78. The molecule has 2 amide bonds. The SMILES string of the molecule is O=C(NNC(=O)C(F)F)c1ccc(Cn2cc(-c3cccc4c3C=CC4)nn2)c(F)c1. The highest BCUT2D eigenvalue weighted by Gasteiger charge is 2.17. The summed E-state index contributed by atoms with van der Waals surface area (Å²) in [5, 5.41) is 8.24. The van der Waals surface area contributed by atoms with Gasteiger partial charge in [-0.05, 0) is 29.7 Å². The quantitative estimate of drug-likeness (QED) is 0.613. The van der Waals surface area contributed by atoms with Crippen molar-refractivity contribution < 1.29 is 22.8 Å². The molecule has 1 heterocycles. The first-order valence-electron chi connectivity index (χ1n) is 9.28. The Bertz CT molecular complexity index is 1190. The van der Waals surface area contributed by atoms with E-state index in [0.717, 1.165) is 23.6 Å². The van der Waals surface area contributed by atoms with Crippen LogP contribution in [0.5, 0.6) is 0 Å². The van der Waals surface area contributed by atoms with E-state index in [1.807, 2.05) is 18.2 Å². The molecule has 0 spiro atoms. The molecule has 0 radical (unpaired) electrons. The molecule has 4 rings (SSSR count). The average Bonchev–Trinajstić information content (AvgIpc) is 3.42.